The molecule has 0 bridgehead atoms. The van der Waals surface area contributed by atoms with Crippen LogP contribution in [0.2, 0.25) is 0 Å². The molecule has 0 saturated carbocycles. The molecule has 0 unspecified atom stereocenters. The summed E-state index contributed by atoms with van der Waals surface area (Å²) in [5.74, 6) is 0. The number of benzene rings is 9. The molecule has 0 fully saturated rings. The van der Waals surface area contributed by atoms with Crippen LogP contribution in [0.25, 0.3) is 82.8 Å². The lowest BCUT2D eigenvalue weighted by molar-refractivity contribution is 0.660. The third-order valence-corrected chi connectivity index (χ3v) is 13.3. The molecule has 0 radical (unpaired) electrons. The topological polar surface area (TPSA) is 21.3 Å². The van der Waals surface area contributed by atoms with Crippen molar-refractivity contribution in [1.29, 1.82) is 0 Å². The van der Waals surface area contributed by atoms with Crippen LogP contribution >= 0.6 is 0 Å². The van der Waals surface area contributed by atoms with Gasteiger partial charge < -0.3 is 13.9 Å². The van der Waals surface area contributed by atoms with E-state index in [0.29, 0.717) is 0 Å². The first kappa shape index (κ1) is 36.2. The Labute approximate surface area is 361 Å². The summed E-state index contributed by atoms with van der Waals surface area (Å²) in [6, 6.07) is 71.2. The van der Waals surface area contributed by atoms with E-state index < -0.39 is 0 Å². The van der Waals surface area contributed by atoms with Gasteiger partial charge in [-0.2, -0.15) is 0 Å². The Morgan fingerprint density at radius 2 is 1.00 bits per heavy atom. The second-order valence-electron chi connectivity index (χ2n) is 17.5. The zero-order valence-corrected chi connectivity index (χ0v) is 35.3. The van der Waals surface area contributed by atoms with Crippen LogP contribution in [0.4, 0.5) is 17.1 Å². The van der Waals surface area contributed by atoms with Gasteiger partial charge in [-0.15, -0.1) is 0 Å². The highest BCUT2D eigenvalue weighted by Gasteiger charge is 2.35. The van der Waals surface area contributed by atoms with Crippen molar-refractivity contribution in [3.63, 3.8) is 0 Å². The molecule has 2 aromatic heterocycles. The van der Waals surface area contributed by atoms with Crippen molar-refractivity contribution in [3.8, 4) is 39.1 Å². The molecule has 12 rings (SSSR count). The maximum atomic E-state index is 6.21. The molecule has 62 heavy (non-hydrogen) atoms. The number of anilines is 3. The molecule has 0 saturated heterocycles. The van der Waals surface area contributed by atoms with Crippen molar-refractivity contribution in [2.75, 3.05) is 4.90 Å². The number of nitrogens with zero attached hydrogens (tertiary/aromatic N) is 2. The molecule has 1 aliphatic rings. The van der Waals surface area contributed by atoms with Crippen LogP contribution < -0.4 is 4.90 Å². The van der Waals surface area contributed by atoms with Crippen molar-refractivity contribution < 1.29 is 4.42 Å². The van der Waals surface area contributed by atoms with E-state index in [1.807, 2.05) is 12.1 Å². The van der Waals surface area contributed by atoms with Gasteiger partial charge in [-0.25, -0.2) is 0 Å². The zero-order valence-electron chi connectivity index (χ0n) is 35.3. The van der Waals surface area contributed by atoms with E-state index in [2.05, 4.69) is 219 Å². The van der Waals surface area contributed by atoms with Crippen LogP contribution in [-0.2, 0) is 5.41 Å². The highest BCUT2D eigenvalue weighted by atomic mass is 16.3. The average molecular weight is 797 g/mol. The Bertz CT molecular complexity index is 3550. The molecule has 0 atom stereocenters. The highest BCUT2D eigenvalue weighted by Crippen LogP contribution is 2.50. The van der Waals surface area contributed by atoms with Crippen LogP contribution in [0, 0.1) is 13.8 Å². The van der Waals surface area contributed by atoms with E-state index in [-0.39, 0.29) is 5.41 Å². The third-order valence-electron chi connectivity index (χ3n) is 13.3. The van der Waals surface area contributed by atoms with Gasteiger partial charge in [0.15, 0.2) is 0 Å². The number of para-hydroxylation sites is 2. The van der Waals surface area contributed by atoms with E-state index in [9.17, 15) is 0 Å². The second kappa shape index (κ2) is 13.7. The minimum Gasteiger partial charge on any atom is -0.456 e. The van der Waals surface area contributed by atoms with Crippen LogP contribution in [-0.4, -0.2) is 4.57 Å². The van der Waals surface area contributed by atoms with E-state index in [1.54, 1.807) is 0 Å². The molecule has 2 heterocycles. The van der Waals surface area contributed by atoms with Crippen molar-refractivity contribution in [2.24, 2.45) is 0 Å². The van der Waals surface area contributed by atoms with Crippen molar-refractivity contribution in [1.82, 2.24) is 4.57 Å². The Hall–Kier alpha value is -7.62. The molecular weight excluding hydrogens is 753 g/mol. The molecule has 0 aliphatic heterocycles. The zero-order chi connectivity index (χ0) is 41.7. The first-order valence-electron chi connectivity index (χ1n) is 21.6. The number of fused-ring (bicyclic) bond motifs is 9. The lowest BCUT2D eigenvalue weighted by atomic mass is 9.81. The average Bonchev–Trinajstić information content (AvgIpc) is 3.92. The van der Waals surface area contributed by atoms with Gasteiger partial charge in [0, 0.05) is 49.7 Å². The number of rotatable bonds is 6. The molecule has 296 valence electrons. The summed E-state index contributed by atoms with van der Waals surface area (Å²) in [5.41, 5.74) is 21.5. The fraction of sp³-hybridized carbons (Fsp3) is 0.0847. The van der Waals surface area contributed by atoms with Crippen molar-refractivity contribution >= 4 is 60.8 Å². The minimum absolute atomic E-state index is 0.0467. The smallest absolute Gasteiger partial charge is 0.135 e. The van der Waals surface area contributed by atoms with E-state index >= 15 is 0 Å². The summed E-state index contributed by atoms with van der Waals surface area (Å²) in [6.07, 6.45) is 0. The Morgan fingerprint density at radius 1 is 0.419 bits per heavy atom. The molecule has 1 aliphatic carbocycles. The largest absolute Gasteiger partial charge is 0.456 e. The van der Waals surface area contributed by atoms with Crippen LogP contribution in [0.15, 0.2) is 199 Å². The van der Waals surface area contributed by atoms with Gasteiger partial charge >= 0.3 is 0 Å². The summed E-state index contributed by atoms with van der Waals surface area (Å²) in [7, 11) is 0. The quantitative estimate of drug-likeness (QED) is 0.167. The van der Waals surface area contributed by atoms with Gasteiger partial charge in [-0.05, 0) is 137 Å². The molecular formula is C59H44N2O. The molecule has 3 heteroatoms. The summed E-state index contributed by atoms with van der Waals surface area (Å²) < 4.78 is 8.61. The first-order valence-corrected chi connectivity index (χ1v) is 21.6. The Balaban J connectivity index is 0.922. The molecule has 9 aromatic carbocycles. The summed E-state index contributed by atoms with van der Waals surface area (Å²) in [4.78, 5) is 2.36. The van der Waals surface area contributed by atoms with Crippen LogP contribution in [0.5, 0.6) is 0 Å². The van der Waals surface area contributed by atoms with E-state index in [1.165, 1.54) is 77.4 Å². The van der Waals surface area contributed by atoms with Crippen LogP contribution in [0.1, 0.15) is 36.1 Å². The summed E-state index contributed by atoms with van der Waals surface area (Å²) >= 11 is 0. The normalized spacial score (nSPS) is 13.0. The van der Waals surface area contributed by atoms with Crippen LogP contribution in [0.3, 0.4) is 0 Å². The predicted molar refractivity (Wildman–Crippen MR) is 261 cm³/mol. The fourth-order valence-corrected chi connectivity index (χ4v) is 10.2. The predicted octanol–water partition coefficient (Wildman–Crippen LogP) is 16.4. The molecule has 3 nitrogen and oxygen atoms in total. The Morgan fingerprint density at radius 3 is 1.76 bits per heavy atom. The number of furan rings is 1. The molecule has 11 aromatic rings. The standard InChI is InChI=1S/C59H44N2O/c1-37-16-24-42(25-17-37)60(43-26-19-39(20-27-43)41-23-32-48-47-31-18-38(2)34-52(47)59(3,4)53(48)35-41)44-28-21-40(22-29-44)46-12-9-14-55-58(46)50-11-5-7-13-54(50)61(55)45-30-33-57-51(36-45)49-10-6-8-15-56(49)62-57/h5-36H,1-4H3. The van der Waals surface area contributed by atoms with Gasteiger partial charge in [-0.3, -0.25) is 0 Å². The van der Waals surface area contributed by atoms with Gasteiger partial charge in [0.2, 0.25) is 0 Å². The monoisotopic (exact) mass is 796 g/mol. The first-order chi connectivity index (χ1) is 30.3. The van der Waals surface area contributed by atoms with Crippen molar-refractivity contribution in [2.45, 2.75) is 33.1 Å². The van der Waals surface area contributed by atoms with Gasteiger partial charge in [0.1, 0.15) is 11.2 Å². The molecule has 0 amide bonds. The van der Waals surface area contributed by atoms with Gasteiger partial charge in [0.05, 0.1) is 11.0 Å². The fourth-order valence-electron chi connectivity index (χ4n) is 10.2. The highest BCUT2D eigenvalue weighted by molar-refractivity contribution is 6.16. The summed E-state index contributed by atoms with van der Waals surface area (Å²) in [6.45, 7) is 9.05. The maximum Gasteiger partial charge on any atom is 0.135 e. The Kier molecular flexibility index (Phi) is 8.01. The summed E-state index contributed by atoms with van der Waals surface area (Å²) in [5, 5.41) is 4.73. The van der Waals surface area contributed by atoms with E-state index in [4.69, 9.17) is 4.42 Å². The SMILES string of the molecule is Cc1ccc(N(c2ccc(-c3ccc4c(c3)C(C)(C)c3cc(C)ccc3-4)cc2)c2ccc(-c3cccc4c3c3ccccc3n4-c3ccc4oc5ccccc5c4c3)cc2)cc1. The number of hydrogen-bond donors (Lipinski definition) is 0. The van der Waals surface area contributed by atoms with Gasteiger partial charge in [0.25, 0.3) is 0 Å². The lowest BCUT2D eigenvalue weighted by Gasteiger charge is -2.26. The minimum atomic E-state index is -0.0467. The van der Waals surface area contributed by atoms with E-state index in [0.717, 1.165) is 44.7 Å². The molecule has 0 spiro atoms. The number of aryl methyl sites for hydroxylation is 2. The number of aromatic nitrogens is 1. The number of hydrogen-bond acceptors (Lipinski definition) is 2. The third kappa shape index (κ3) is 5.58. The van der Waals surface area contributed by atoms with Crippen molar-refractivity contribution in [3.05, 3.63) is 216 Å². The second-order valence-corrected chi connectivity index (χ2v) is 17.5. The maximum absolute atomic E-state index is 6.21. The lowest BCUT2D eigenvalue weighted by Crippen LogP contribution is -2.15. The van der Waals surface area contributed by atoms with Gasteiger partial charge in [-0.1, -0.05) is 140 Å². The molecule has 0 N–H and O–H groups in total.